The van der Waals surface area contributed by atoms with Gasteiger partial charge in [0.05, 0.1) is 6.10 Å². The number of hydrogen-bond donors (Lipinski definition) is 2. The lowest BCUT2D eigenvalue weighted by Crippen LogP contribution is -2.42. The molecule has 0 amide bonds. The molecule has 0 heterocycles. The lowest BCUT2D eigenvalue weighted by atomic mass is 9.98. The van der Waals surface area contributed by atoms with Gasteiger partial charge in [-0.15, -0.1) is 24.0 Å². The fourth-order valence-corrected chi connectivity index (χ4v) is 2.39. The number of nitrogens with one attached hydrogen (secondary N) is 2. The zero-order valence-corrected chi connectivity index (χ0v) is 16.3. The second-order valence-electron chi connectivity index (χ2n) is 5.70. The molecule has 0 saturated heterocycles. The third kappa shape index (κ3) is 10.3. The summed E-state index contributed by atoms with van der Waals surface area (Å²) < 4.78 is 5.92. The Hall–Kier alpha value is -0.0400. The Kier molecular flexibility index (Phi) is 13.6. The maximum absolute atomic E-state index is 5.92. The molecule has 1 rings (SSSR count). The van der Waals surface area contributed by atoms with Gasteiger partial charge in [-0.3, -0.25) is 4.99 Å². The number of guanidine groups is 1. The summed E-state index contributed by atoms with van der Waals surface area (Å²) in [6, 6.07) is 0.464. The molecule has 0 aromatic heterocycles. The van der Waals surface area contributed by atoms with Gasteiger partial charge in [-0.1, -0.05) is 26.2 Å². The number of hydrogen-bond acceptors (Lipinski definition) is 2. The first-order valence-corrected chi connectivity index (χ1v) is 8.42. The summed E-state index contributed by atoms with van der Waals surface area (Å²) >= 11 is 0. The minimum absolute atomic E-state index is 0. The molecular formula is C16H34IN3O. The standard InChI is InChI=1S/C16H33N3O.HI/c1-4-14(3)19-16(17-5-2)18-12-9-13-20-15-10-7-6-8-11-15;/h14-15H,4-13H2,1-3H3,(H2,17,18,19);1H. The van der Waals surface area contributed by atoms with E-state index < -0.39 is 0 Å². The normalized spacial score (nSPS) is 18.0. The molecule has 4 nitrogen and oxygen atoms in total. The molecule has 2 N–H and O–H groups in total. The molecule has 1 unspecified atom stereocenters. The van der Waals surface area contributed by atoms with Crippen molar-refractivity contribution in [3.05, 3.63) is 0 Å². The maximum Gasteiger partial charge on any atom is 0.191 e. The fourth-order valence-electron chi connectivity index (χ4n) is 2.39. The lowest BCUT2D eigenvalue weighted by Gasteiger charge is -2.21. The maximum atomic E-state index is 5.92. The molecule has 0 bridgehead atoms. The predicted octanol–water partition coefficient (Wildman–Crippen LogP) is 3.70. The lowest BCUT2D eigenvalue weighted by molar-refractivity contribution is 0.0281. The van der Waals surface area contributed by atoms with Crippen molar-refractivity contribution in [3.63, 3.8) is 0 Å². The SMILES string of the molecule is CCNC(=NCCCOC1CCCCC1)NC(C)CC.I. The number of rotatable bonds is 8. The van der Waals surface area contributed by atoms with Crippen LogP contribution in [0.4, 0.5) is 0 Å². The van der Waals surface area contributed by atoms with Gasteiger partial charge in [-0.05, 0) is 39.5 Å². The van der Waals surface area contributed by atoms with E-state index in [2.05, 4.69) is 36.4 Å². The third-order valence-corrected chi connectivity index (χ3v) is 3.82. The largest absolute Gasteiger partial charge is 0.378 e. The minimum atomic E-state index is 0. The van der Waals surface area contributed by atoms with Crippen LogP contribution in [0.5, 0.6) is 0 Å². The molecular weight excluding hydrogens is 377 g/mol. The molecule has 21 heavy (non-hydrogen) atoms. The molecule has 0 aliphatic heterocycles. The molecule has 0 radical (unpaired) electrons. The van der Waals surface area contributed by atoms with E-state index in [0.29, 0.717) is 12.1 Å². The van der Waals surface area contributed by atoms with Gasteiger partial charge in [0, 0.05) is 25.7 Å². The van der Waals surface area contributed by atoms with Gasteiger partial charge in [0.25, 0.3) is 0 Å². The van der Waals surface area contributed by atoms with E-state index in [-0.39, 0.29) is 24.0 Å². The summed E-state index contributed by atoms with van der Waals surface area (Å²) in [6.07, 6.45) is 9.20. The quantitative estimate of drug-likeness (QED) is 0.277. The summed E-state index contributed by atoms with van der Waals surface area (Å²) in [5.74, 6) is 0.930. The van der Waals surface area contributed by atoms with Crippen LogP contribution in [0.1, 0.15) is 65.7 Å². The summed E-state index contributed by atoms with van der Waals surface area (Å²) in [7, 11) is 0. The first-order valence-electron chi connectivity index (χ1n) is 8.42. The Morgan fingerprint density at radius 1 is 1.24 bits per heavy atom. The van der Waals surface area contributed by atoms with Crippen LogP contribution in [0.2, 0.25) is 0 Å². The van der Waals surface area contributed by atoms with Crippen molar-refractivity contribution in [1.29, 1.82) is 0 Å². The molecule has 0 aromatic carbocycles. The van der Waals surface area contributed by atoms with Crippen LogP contribution in [-0.4, -0.2) is 37.8 Å². The van der Waals surface area contributed by atoms with E-state index in [0.717, 1.165) is 38.5 Å². The second kappa shape index (κ2) is 13.6. The Balaban J connectivity index is 0.00000400. The molecule has 5 heteroatoms. The van der Waals surface area contributed by atoms with Crippen LogP contribution in [0.15, 0.2) is 4.99 Å². The van der Waals surface area contributed by atoms with Crippen molar-refractivity contribution >= 4 is 29.9 Å². The Morgan fingerprint density at radius 2 is 1.95 bits per heavy atom. The summed E-state index contributed by atoms with van der Waals surface area (Å²) in [5, 5.41) is 6.69. The van der Waals surface area contributed by atoms with Crippen molar-refractivity contribution in [2.24, 2.45) is 4.99 Å². The van der Waals surface area contributed by atoms with Gasteiger partial charge in [-0.2, -0.15) is 0 Å². The summed E-state index contributed by atoms with van der Waals surface area (Å²) in [4.78, 5) is 4.60. The van der Waals surface area contributed by atoms with E-state index in [4.69, 9.17) is 4.74 Å². The van der Waals surface area contributed by atoms with Gasteiger partial charge in [0.2, 0.25) is 0 Å². The minimum Gasteiger partial charge on any atom is -0.378 e. The van der Waals surface area contributed by atoms with Gasteiger partial charge in [0.1, 0.15) is 0 Å². The van der Waals surface area contributed by atoms with E-state index in [1.54, 1.807) is 0 Å². The van der Waals surface area contributed by atoms with Crippen molar-refractivity contribution in [2.45, 2.75) is 77.9 Å². The zero-order chi connectivity index (χ0) is 14.6. The molecule has 0 aromatic rings. The smallest absolute Gasteiger partial charge is 0.191 e. The van der Waals surface area contributed by atoms with E-state index >= 15 is 0 Å². The molecule has 1 aliphatic carbocycles. The van der Waals surface area contributed by atoms with Gasteiger partial charge in [0.15, 0.2) is 5.96 Å². The number of ether oxygens (including phenoxy) is 1. The zero-order valence-electron chi connectivity index (χ0n) is 14.0. The van der Waals surface area contributed by atoms with Gasteiger partial charge in [-0.25, -0.2) is 0 Å². The molecule has 1 atom stereocenters. The first kappa shape index (κ1) is 21.0. The monoisotopic (exact) mass is 411 g/mol. The molecule has 1 saturated carbocycles. The Morgan fingerprint density at radius 3 is 2.57 bits per heavy atom. The molecule has 0 spiro atoms. The van der Waals surface area contributed by atoms with Gasteiger partial charge < -0.3 is 15.4 Å². The average molecular weight is 411 g/mol. The second-order valence-corrected chi connectivity index (χ2v) is 5.70. The Bertz CT molecular complexity index is 268. The van der Waals surface area contributed by atoms with Crippen molar-refractivity contribution in [3.8, 4) is 0 Å². The highest BCUT2D eigenvalue weighted by atomic mass is 127. The molecule has 1 aliphatic rings. The number of aliphatic imine (C=N–C) groups is 1. The Labute approximate surface area is 147 Å². The fraction of sp³-hybridized carbons (Fsp3) is 0.938. The number of nitrogens with zero attached hydrogens (tertiary/aromatic N) is 1. The van der Waals surface area contributed by atoms with Crippen LogP contribution in [0, 0.1) is 0 Å². The molecule has 126 valence electrons. The number of halogens is 1. The first-order chi connectivity index (χ1) is 9.76. The van der Waals surface area contributed by atoms with Crippen molar-refractivity contribution in [2.75, 3.05) is 19.7 Å². The van der Waals surface area contributed by atoms with Crippen LogP contribution in [0.3, 0.4) is 0 Å². The van der Waals surface area contributed by atoms with Crippen molar-refractivity contribution in [1.82, 2.24) is 10.6 Å². The van der Waals surface area contributed by atoms with Crippen LogP contribution >= 0.6 is 24.0 Å². The van der Waals surface area contributed by atoms with E-state index in [1.165, 1.54) is 32.1 Å². The molecule has 1 fully saturated rings. The topological polar surface area (TPSA) is 45.7 Å². The predicted molar refractivity (Wildman–Crippen MR) is 102 cm³/mol. The van der Waals surface area contributed by atoms with E-state index in [1.807, 2.05) is 0 Å². The van der Waals surface area contributed by atoms with Crippen molar-refractivity contribution < 1.29 is 4.74 Å². The highest BCUT2D eigenvalue weighted by Gasteiger charge is 2.12. The average Bonchev–Trinajstić information content (AvgIpc) is 2.48. The van der Waals surface area contributed by atoms with E-state index in [9.17, 15) is 0 Å². The summed E-state index contributed by atoms with van der Waals surface area (Å²) in [5.41, 5.74) is 0. The van der Waals surface area contributed by atoms with Crippen LogP contribution in [-0.2, 0) is 4.74 Å². The van der Waals surface area contributed by atoms with Crippen LogP contribution < -0.4 is 10.6 Å². The van der Waals surface area contributed by atoms with Gasteiger partial charge >= 0.3 is 0 Å². The highest BCUT2D eigenvalue weighted by molar-refractivity contribution is 14.0. The highest BCUT2D eigenvalue weighted by Crippen LogP contribution is 2.20. The third-order valence-electron chi connectivity index (χ3n) is 3.82. The van der Waals surface area contributed by atoms with Crippen LogP contribution in [0.25, 0.3) is 0 Å². The summed E-state index contributed by atoms with van der Waals surface area (Å²) in [6.45, 7) is 9.04.